The second kappa shape index (κ2) is 5.10. The van der Waals surface area contributed by atoms with Crippen LogP contribution in [0.1, 0.15) is 18.1 Å². The fraction of sp³-hybridized carbons (Fsp3) is 0.385. The molecule has 1 aliphatic rings. The fourth-order valence-corrected chi connectivity index (χ4v) is 1.88. The molecule has 2 nitrogen and oxygen atoms in total. The molecule has 1 aliphatic heterocycles. The van der Waals surface area contributed by atoms with E-state index in [0.717, 1.165) is 31.6 Å². The third kappa shape index (κ3) is 2.91. The van der Waals surface area contributed by atoms with E-state index in [-0.39, 0.29) is 6.10 Å². The van der Waals surface area contributed by atoms with Gasteiger partial charge in [0.25, 0.3) is 0 Å². The third-order valence-corrected chi connectivity index (χ3v) is 2.76. The minimum absolute atomic E-state index is 0.363. The van der Waals surface area contributed by atoms with Gasteiger partial charge in [-0.25, -0.2) is 0 Å². The molecule has 1 N–H and O–H groups in total. The van der Waals surface area contributed by atoms with Gasteiger partial charge >= 0.3 is 0 Å². The zero-order valence-corrected chi connectivity index (χ0v) is 8.84. The summed E-state index contributed by atoms with van der Waals surface area (Å²) in [5.74, 6) is 0. The first-order chi connectivity index (χ1) is 7.36. The van der Waals surface area contributed by atoms with E-state index >= 15 is 0 Å². The molecule has 2 rings (SSSR count). The fourth-order valence-electron chi connectivity index (χ4n) is 1.88. The topological polar surface area (TPSA) is 23.5 Å². The van der Waals surface area contributed by atoms with Gasteiger partial charge in [-0.3, -0.25) is 4.90 Å². The summed E-state index contributed by atoms with van der Waals surface area (Å²) in [6, 6.07) is 9.86. The van der Waals surface area contributed by atoms with Crippen LogP contribution in [-0.2, 0) is 0 Å². The molecule has 80 valence electrons. The van der Waals surface area contributed by atoms with Crippen LogP contribution in [0.2, 0.25) is 0 Å². The molecule has 0 aromatic heterocycles. The first kappa shape index (κ1) is 10.4. The molecule has 0 amide bonds. The largest absolute Gasteiger partial charge is 0.387 e. The lowest BCUT2D eigenvalue weighted by molar-refractivity contribution is 0.118. The molecule has 15 heavy (non-hydrogen) atoms. The number of aliphatic hydroxyl groups excluding tert-OH is 1. The molecule has 0 aliphatic carbocycles. The van der Waals surface area contributed by atoms with Crippen molar-refractivity contribution in [2.45, 2.75) is 12.5 Å². The number of hydrogen-bond donors (Lipinski definition) is 1. The molecule has 0 bridgehead atoms. The zero-order chi connectivity index (χ0) is 10.5. The number of nitrogens with zero attached hydrogens (tertiary/aromatic N) is 1. The Bertz CT molecular complexity index is 321. The number of aliphatic hydroxyl groups is 1. The highest BCUT2D eigenvalue weighted by molar-refractivity contribution is 5.17. The van der Waals surface area contributed by atoms with Crippen molar-refractivity contribution in [2.75, 3.05) is 19.6 Å². The van der Waals surface area contributed by atoms with Crippen LogP contribution in [-0.4, -0.2) is 29.6 Å². The van der Waals surface area contributed by atoms with Crippen LogP contribution in [0.25, 0.3) is 0 Å². The molecule has 1 heterocycles. The van der Waals surface area contributed by atoms with Crippen LogP contribution in [0.4, 0.5) is 0 Å². The molecular weight excluding hydrogens is 186 g/mol. The van der Waals surface area contributed by atoms with Gasteiger partial charge in [0.1, 0.15) is 0 Å². The van der Waals surface area contributed by atoms with Crippen LogP contribution in [0, 0.1) is 0 Å². The van der Waals surface area contributed by atoms with Crippen molar-refractivity contribution in [3.63, 3.8) is 0 Å². The van der Waals surface area contributed by atoms with E-state index in [1.165, 1.54) is 0 Å². The van der Waals surface area contributed by atoms with Crippen molar-refractivity contribution in [1.29, 1.82) is 0 Å². The van der Waals surface area contributed by atoms with E-state index in [2.05, 4.69) is 17.1 Å². The monoisotopic (exact) mass is 203 g/mol. The molecule has 0 saturated heterocycles. The van der Waals surface area contributed by atoms with E-state index in [1.807, 2.05) is 30.3 Å². The van der Waals surface area contributed by atoms with Crippen molar-refractivity contribution in [1.82, 2.24) is 4.90 Å². The predicted molar refractivity (Wildman–Crippen MR) is 61.6 cm³/mol. The van der Waals surface area contributed by atoms with Crippen LogP contribution in [0.5, 0.6) is 0 Å². The van der Waals surface area contributed by atoms with Gasteiger partial charge in [0.2, 0.25) is 0 Å². The highest BCUT2D eigenvalue weighted by Gasteiger charge is 2.13. The maximum atomic E-state index is 10.0. The van der Waals surface area contributed by atoms with Crippen molar-refractivity contribution in [3.05, 3.63) is 48.0 Å². The summed E-state index contributed by atoms with van der Waals surface area (Å²) < 4.78 is 0. The number of rotatable bonds is 3. The van der Waals surface area contributed by atoms with E-state index in [9.17, 15) is 5.11 Å². The third-order valence-electron chi connectivity index (χ3n) is 2.76. The van der Waals surface area contributed by atoms with E-state index < -0.39 is 0 Å². The first-order valence-corrected chi connectivity index (χ1v) is 5.46. The minimum atomic E-state index is -0.363. The maximum Gasteiger partial charge on any atom is 0.0917 e. The van der Waals surface area contributed by atoms with Crippen LogP contribution >= 0.6 is 0 Å². The summed E-state index contributed by atoms with van der Waals surface area (Å²) in [7, 11) is 0. The summed E-state index contributed by atoms with van der Waals surface area (Å²) in [5.41, 5.74) is 1.01. The smallest absolute Gasteiger partial charge is 0.0917 e. The van der Waals surface area contributed by atoms with Gasteiger partial charge in [-0.2, -0.15) is 0 Å². The quantitative estimate of drug-likeness (QED) is 0.759. The van der Waals surface area contributed by atoms with Crippen LogP contribution < -0.4 is 0 Å². The Morgan fingerprint density at radius 3 is 2.67 bits per heavy atom. The Morgan fingerprint density at radius 2 is 2.00 bits per heavy atom. The van der Waals surface area contributed by atoms with E-state index in [0.29, 0.717) is 0 Å². The van der Waals surface area contributed by atoms with Gasteiger partial charge in [-0.15, -0.1) is 0 Å². The molecule has 1 aromatic rings. The number of β-amino-alcohol motifs (C(OH)–C–C–N with tert-alkyl or cyclic N) is 1. The van der Waals surface area contributed by atoms with Crippen LogP contribution in [0.15, 0.2) is 42.5 Å². The normalized spacial score (nSPS) is 19.0. The summed E-state index contributed by atoms with van der Waals surface area (Å²) in [4.78, 5) is 2.28. The molecule has 1 aromatic carbocycles. The molecule has 0 saturated carbocycles. The zero-order valence-electron chi connectivity index (χ0n) is 8.84. The second-order valence-electron chi connectivity index (χ2n) is 3.95. The average molecular weight is 203 g/mol. The predicted octanol–water partition coefficient (Wildman–Crippen LogP) is 1.98. The van der Waals surface area contributed by atoms with Gasteiger partial charge in [-0.1, -0.05) is 42.5 Å². The van der Waals surface area contributed by atoms with Gasteiger partial charge in [0.05, 0.1) is 6.10 Å². The molecular formula is C13H17NO. The lowest BCUT2D eigenvalue weighted by atomic mass is 10.1. The molecule has 1 unspecified atom stereocenters. The van der Waals surface area contributed by atoms with E-state index in [4.69, 9.17) is 0 Å². The number of hydrogen-bond acceptors (Lipinski definition) is 2. The number of benzene rings is 1. The SMILES string of the molecule is OC(CN1CC=CCC1)c1ccccc1. The van der Waals surface area contributed by atoms with Crippen molar-refractivity contribution in [3.8, 4) is 0 Å². The van der Waals surface area contributed by atoms with Crippen LogP contribution in [0.3, 0.4) is 0 Å². The Morgan fingerprint density at radius 1 is 1.20 bits per heavy atom. The molecule has 2 heteroatoms. The van der Waals surface area contributed by atoms with Gasteiger partial charge in [0, 0.05) is 19.6 Å². The molecule has 0 spiro atoms. The van der Waals surface area contributed by atoms with Crippen molar-refractivity contribution < 1.29 is 5.11 Å². The molecule has 0 radical (unpaired) electrons. The summed E-state index contributed by atoms with van der Waals surface area (Å²) in [6.07, 6.45) is 5.10. The summed E-state index contributed by atoms with van der Waals surface area (Å²) >= 11 is 0. The standard InChI is InChI=1S/C13H17NO/c15-13(12-7-3-1-4-8-12)11-14-9-5-2-6-10-14/h1-5,7-8,13,15H,6,9-11H2. The average Bonchev–Trinajstić information content (AvgIpc) is 2.31. The van der Waals surface area contributed by atoms with E-state index in [1.54, 1.807) is 0 Å². The summed E-state index contributed by atoms with van der Waals surface area (Å²) in [6.45, 7) is 2.75. The lowest BCUT2D eigenvalue weighted by Gasteiger charge is -2.25. The Kier molecular flexibility index (Phi) is 3.54. The summed E-state index contributed by atoms with van der Waals surface area (Å²) in [5, 5.41) is 10.0. The van der Waals surface area contributed by atoms with Gasteiger partial charge < -0.3 is 5.11 Å². The Labute approximate surface area is 90.8 Å². The molecule has 0 fully saturated rings. The van der Waals surface area contributed by atoms with Crippen molar-refractivity contribution >= 4 is 0 Å². The highest BCUT2D eigenvalue weighted by atomic mass is 16.3. The Hall–Kier alpha value is -1.12. The van der Waals surface area contributed by atoms with Crippen molar-refractivity contribution in [2.24, 2.45) is 0 Å². The molecule has 1 atom stereocenters. The highest BCUT2D eigenvalue weighted by Crippen LogP contribution is 2.14. The first-order valence-electron chi connectivity index (χ1n) is 5.46. The second-order valence-corrected chi connectivity index (χ2v) is 3.95. The maximum absolute atomic E-state index is 10.0. The van der Waals surface area contributed by atoms with Gasteiger partial charge in [0.15, 0.2) is 0 Å². The lowest BCUT2D eigenvalue weighted by Crippen LogP contribution is -2.31. The Balaban J connectivity index is 1.92. The minimum Gasteiger partial charge on any atom is -0.387 e. The van der Waals surface area contributed by atoms with Gasteiger partial charge in [-0.05, 0) is 12.0 Å².